The van der Waals surface area contributed by atoms with Gasteiger partial charge in [0.25, 0.3) is 0 Å². The molecule has 0 saturated heterocycles. The minimum atomic E-state index is 0.664. The largest absolute Gasteiger partial charge is 0.312 e. The second-order valence-corrected chi connectivity index (χ2v) is 5.46. The van der Waals surface area contributed by atoms with Crippen molar-refractivity contribution in [2.45, 2.75) is 25.6 Å². The van der Waals surface area contributed by atoms with Crippen molar-refractivity contribution in [3.05, 3.63) is 34.3 Å². The van der Waals surface area contributed by atoms with Gasteiger partial charge in [-0.15, -0.1) is 0 Å². The number of hydrogen-bond acceptors (Lipinski definition) is 2. The lowest BCUT2D eigenvalue weighted by Gasteiger charge is -2.11. The van der Waals surface area contributed by atoms with Crippen LogP contribution in [0.3, 0.4) is 0 Å². The van der Waals surface area contributed by atoms with Crippen LogP contribution >= 0.6 is 23.4 Å². The Morgan fingerprint density at radius 1 is 1.47 bits per heavy atom. The standard InChI is InChI=1S/C12H18ClNS/c1-9-6-12(13)5-4-11(9)8-14-7-10(2)15-3/h4-6,10,14H,7-8H2,1-3H3. The highest BCUT2D eigenvalue weighted by Gasteiger charge is 2.01. The van der Waals surface area contributed by atoms with Crippen LogP contribution in [0.15, 0.2) is 18.2 Å². The fraction of sp³-hybridized carbons (Fsp3) is 0.500. The molecular weight excluding hydrogens is 226 g/mol. The summed E-state index contributed by atoms with van der Waals surface area (Å²) in [5.41, 5.74) is 2.58. The van der Waals surface area contributed by atoms with E-state index in [1.54, 1.807) is 0 Å². The van der Waals surface area contributed by atoms with Gasteiger partial charge in [-0.25, -0.2) is 0 Å². The average molecular weight is 244 g/mol. The summed E-state index contributed by atoms with van der Waals surface area (Å²) in [5.74, 6) is 0. The van der Waals surface area contributed by atoms with Crippen LogP contribution in [0.5, 0.6) is 0 Å². The molecule has 0 spiro atoms. The third-order valence-corrected chi connectivity index (χ3v) is 3.66. The van der Waals surface area contributed by atoms with Crippen molar-refractivity contribution in [1.29, 1.82) is 0 Å². The van der Waals surface area contributed by atoms with Gasteiger partial charge in [0.15, 0.2) is 0 Å². The van der Waals surface area contributed by atoms with E-state index in [2.05, 4.69) is 31.5 Å². The first-order valence-electron chi connectivity index (χ1n) is 5.12. The Bertz CT molecular complexity index is 314. The van der Waals surface area contributed by atoms with Crippen LogP contribution in [0.25, 0.3) is 0 Å². The Labute approximate surface area is 102 Å². The van der Waals surface area contributed by atoms with Gasteiger partial charge in [-0.1, -0.05) is 24.6 Å². The van der Waals surface area contributed by atoms with Gasteiger partial charge in [0.05, 0.1) is 0 Å². The maximum Gasteiger partial charge on any atom is 0.0408 e. The molecule has 1 aromatic carbocycles. The zero-order chi connectivity index (χ0) is 11.3. The molecule has 1 aromatic rings. The molecule has 0 bridgehead atoms. The van der Waals surface area contributed by atoms with E-state index in [9.17, 15) is 0 Å². The molecule has 0 aliphatic heterocycles. The van der Waals surface area contributed by atoms with Crippen molar-refractivity contribution >= 4 is 23.4 Å². The number of halogens is 1. The molecule has 0 aliphatic carbocycles. The third kappa shape index (κ3) is 4.45. The summed E-state index contributed by atoms with van der Waals surface area (Å²) in [5, 5.41) is 4.93. The zero-order valence-electron chi connectivity index (χ0n) is 9.51. The van der Waals surface area contributed by atoms with Crippen molar-refractivity contribution in [3.8, 4) is 0 Å². The van der Waals surface area contributed by atoms with Crippen LogP contribution in [0.4, 0.5) is 0 Å². The van der Waals surface area contributed by atoms with Gasteiger partial charge in [0, 0.05) is 23.4 Å². The van der Waals surface area contributed by atoms with Gasteiger partial charge in [-0.3, -0.25) is 0 Å². The summed E-state index contributed by atoms with van der Waals surface area (Å²) < 4.78 is 0. The molecule has 0 aromatic heterocycles. The molecule has 1 atom stereocenters. The predicted molar refractivity (Wildman–Crippen MR) is 70.9 cm³/mol. The number of rotatable bonds is 5. The number of nitrogens with one attached hydrogen (secondary N) is 1. The van der Waals surface area contributed by atoms with E-state index < -0.39 is 0 Å². The van der Waals surface area contributed by atoms with Crippen LogP contribution in [0.1, 0.15) is 18.1 Å². The lowest BCUT2D eigenvalue weighted by atomic mass is 10.1. The molecule has 84 valence electrons. The van der Waals surface area contributed by atoms with Crippen molar-refractivity contribution in [3.63, 3.8) is 0 Å². The first-order chi connectivity index (χ1) is 7.13. The molecule has 1 unspecified atom stereocenters. The molecule has 0 aliphatic rings. The van der Waals surface area contributed by atoms with Crippen molar-refractivity contribution < 1.29 is 0 Å². The molecule has 0 amide bonds. The quantitative estimate of drug-likeness (QED) is 0.850. The molecule has 0 radical (unpaired) electrons. The minimum absolute atomic E-state index is 0.664. The van der Waals surface area contributed by atoms with Gasteiger partial charge in [0.2, 0.25) is 0 Å². The first kappa shape index (κ1) is 12.9. The monoisotopic (exact) mass is 243 g/mol. The van der Waals surface area contributed by atoms with Gasteiger partial charge in [-0.05, 0) is 36.4 Å². The summed E-state index contributed by atoms with van der Waals surface area (Å²) in [6.07, 6.45) is 2.14. The smallest absolute Gasteiger partial charge is 0.0408 e. The highest BCUT2D eigenvalue weighted by Crippen LogP contribution is 2.15. The Morgan fingerprint density at radius 3 is 2.80 bits per heavy atom. The fourth-order valence-corrected chi connectivity index (χ4v) is 1.86. The summed E-state index contributed by atoms with van der Waals surface area (Å²) in [6.45, 7) is 6.30. The Hall–Kier alpha value is -0.180. The lowest BCUT2D eigenvalue weighted by Crippen LogP contribution is -2.22. The first-order valence-corrected chi connectivity index (χ1v) is 6.78. The van der Waals surface area contributed by atoms with E-state index in [4.69, 9.17) is 11.6 Å². The van der Waals surface area contributed by atoms with Gasteiger partial charge in [-0.2, -0.15) is 11.8 Å². The average Bonchev–Trinajstić information content (AvgIpc) is 2.21. The van der Waals surface area contributed by atoms with Crippen molar-refractivity contribution in [2.75, 3.05) is 12.8 Å². The minimum Gasteiger partial charge on any atom is -0.312 e. The highest BCUT2D eigenvalue weighted by molar-refractivity contribution is 7.99. The third-order valence-electron chi connectivity index (χ3n) is 2.45. The number of hydrogen-bond donors (Lipinski definition) is 1. The van der Waals surface area contributed by atoms with Crippen molar-refractivity contribution in [1.82, 2.24) is 5.32 Å². The van der Waals surface area contributed by atoms with Crippen LogP contribution in [0.2, 0.25) is 5.02 Å². The van der Waals surface area contributed by atoms with E-state index in [-0.39, 0.29) is 0 Å². The molecule has 1 nitrogen and oxygen atoms in total. The molecule has 1 rings (SSSR count). The molecule has 3 heteroatoms. The summed E-state index contributed by atoms with van der Waals surface area (Å²) in [6, 6.07) is 6.05. The van der Waals surface area contributed by atoms with E-state index in [0.717, 1.165) is 18.1 Å². The predicted octanol–water partition coefficient (Wildman–Crippen LogP) is 3.49. The molecule has 0 saturated carbocycles. The van der Waals surface area contributed by atoms with Crippen LogP contribution in [0, 0.1) is 6.92 Å². The van der Waals surface area contributed by atoms with E-state index in [1.165, 1.54) is 11.1 Å². The van der Waals surface area contributed by atoms with E-state index in [0.29, 0.717) is 5.25 Å². The Balaban J connectivity index is 2.44. The van der Waals surface area contributed by atoms with Crippen LogP contribution in [-0.2, 0) is 6.54 Å². The maximum atomic E-state index is 5.90. The second-order valence-electron chi connectivity index (χ2n) is 3.75. The molecule has 15 heavy (non-hydrogen) atoms. The van der Waals surface area contributed by atoms with Crippen LogP contribution < -0.4 is 5.32 Å². The zero-order valence-corrected chi connectivity index (χ0v) is 11.1. The molecule has 0 heterocycles. The van der Waals surface area contributed by atoms with Gasteiger partial charge < -0.3 is 5.32 Å². The molecular formula is C12H18ClNS. The van der Waals surface area contributed by atoms with Gasteiger partial charge in [0.1, 0.15) is 0 Å². The van der Waals surface area contributed by atoms with E-state index in [1.807, 2.05) is 23.9 Å². The van der Waals surface area contributed by atoms with Crippen LogP contribution in [-0.4, -0.2) is 18.1 Å². The van der Waals surface area contributed by atoms with E-state index >= 15 is 0 Å². The summed E-state index contributed by atoms with van der Waals surface area (Å²) in [7, 11) is 0. The normalized spacial score (nSPS) is 12.8. The number of aryl methyl sites for hydroxylation is 1. The summed E-state index contributed by atoms with van der Waals surface area (Å²) >= 11 is 7.78. The summed E-state index contributed by atoms with van der Waals surface area (Å²) in [4.78, 5) is 0. The topological polar surface area (TPSA) is 12.0 Å². The SMILES string of the molecule is CSC(C)CNCc1ccc(Cl)cc1C. The van der Waals surface area contributed by atoms with Crippen molar-refractivity contribution in [2.24, 2.45) is 0 Å². The molecule has 0 fully saturated rings. The molecule has 1 N–H and O–H groups in total. The fourth-order valence-electron chi connectivity index (χ4n) is 1.35. The number of thioether (sulfide) groups is 1. The number of benzene rings is 1. The Morgan fingerprint density at radius 2 is 2.20 bits per heavy atom. The maximum absolute atomic E-state index is 5.90. The Kier molecular flexibility index (Phi) is 5.51. The second kappa shape index (κ2) is 6.41. The lowest BCUT2D eigenvalue weighted by molar-refractivity contribution is 0.682. The highest BCUT2D eigenvalue weighted by atomic mass is 35.5. The van der Waals surface area contributed by atoms with Gasteiger partial charge >= 0.3 is 0 Å².